The summed E-state index contributed by atoms with van der Waals surface area (Å²) in [5.74, 6) is -0.863. The largest absolute Gasteiger partial charge is 0.481 e. The van der Waals surface area contributed by atoms with Crippen molar-refractivity contribution in [2.24, 2.45) is 5.41 Å². The van der Waals surface area contributed by atoms with Gasteiger partial charge in [-0.05, 0) is 12.8 Å². The Bertz CT molecular complexity index is 232. The fourth-order valence-corrected chi connectivity index (χ4v) is 1.88. The molecule has 14 heavy (non-hydrogen) atoms. The number of carbonyl (C=O) groups is 2. The molecule has 0 heterocycles. The highest BCUT2D eigenvalue weighted by atomic mass is 16.4. The second-order valence-corrected chi connectivity index (χ2v) is 4.17. The van der Waals surface area contributed by atoms with E-state index in [1.807, 2.05) is 6.92 Å². The molecule has 0 saturated heterocycles. The Balaban J connectivity index is 2.30. The lowest BCUT2D eigenvalue weighted by Gasteiger charge is -2.21. The molecule has 1 aliphatic rings. The number of amides is 1. The number of carboxylic acids is 1. The van der Waals surface area contributed by atoms with Crippen molar-refractivity contribution in [2.45, 2.75) is 39.0 Å². The molecule has 1 rings (SSSR count). The van der Waals surface area contributed by atoms with Crippen LogP contribution in [0.2, 0.25) is 0 Å². The Kier molecular flexibility index (Phi) is 3.49. The lowest BCUT2D eigenvalue weighted by molar-refractivity contribution is -0.137. The monoisotopic (exact) mass is 199 g/mol. The Morgan fingerprint density at radius 1 is 1.36 bits per heavy atom. The molecule has 1 aliphatic carbocycles. The maximum atomic E-state index is 11.6. The second-order valence-electron chi connectivity index (χ2n) is 4.17. The van der Waals surface area contributed by atoms with Crippen molar-refractivity contribution in [3.63, 3.8) is 0 Å². The third-order valence-electron chi connectivity index (χ3n) is 2.88. The van der Waals surface area contributed by atoms with Gasteiger partial charge >= 0.3 is 5.97 Å². The first-order valence-corrected chi connectivity index (χ1v) is 5.05. The Morgan fingerprint density at radius 2 is 1.93 bits per heavy atom. The molecule has 80 valence electrons. The van der Waals surface area contributed by atoms with Gasteiger partial charge in [-0.2, -0.15) is 0 Å². The third-order valence-corrected chi connectivity index (χ3v) is 2.88. The predicted molar refractivity (Wildman–Crippen MR) is 51.8 cm³/mol. The molecule has 0 radical (unpaired) electrons. The smallest absolute Gasteiger partial charge is 0.305 e. The fraction of sp³-hybridized carbons (Fsp3) is 0.800. The minimum absolute atomic E-state index is 0.00181. The summed E-state index contributed by atoms with van der Waals surface area (Å²) in [6.07, 6.45) is 4.05. The van der Waals surface area contributed by atoms with Gasteiger partial charge in [0.2, 0.25) is 5.91 Å². The van der Waals surface area contributed by atoms with E-state index < -0.39 is 5.97 Å². The maximum absolute atomic E-state index is 11.6. The molecule has 4 nitrogen and oxygen atoms in total. The molecule has 0 aromatic heterocycles. The number of nitrogens with one attached hydrogen (secondary N) is 1. The molecular weight excluding hydrogens is 182 g/mol. The van der Waals surface area contributed by atoms with E-state index in [0.717, 1.165) is 25.7 Å². The number of hydrogen-bond acceptors (Lipinski definition) is 2. The maximum Gasteiger partial charge on any atom is 0.305 e. The molecule has 0 bridgehead atoms. The second kappa shape index (κ2) is 4.44. The van der Waals surface area contributed by atoms with E-state index >= 15 is 0 Å². The SMILES string of the molecule is CC1(C(=O)NCCC(=O)O)CCCC1. The molecule has 0 atom stereocenters. The van der Waals surface area contributed by atoms with Crippen LogP contribution in [0.15, 0.2) is 0 Å². The molecule has 2 N–H and O–H groups in total. The van der Waals surface area contributed by atoms with Crippen molar-refractivity contribution in [1.82, 2.24) is 5.32 Å². The fourth-order valence-electron chi connectivity index (χ4n) is 1.88. The summed E-state index contributed by atoms with van der Waals surface area (Å²) in [6, 6.07) is 0. The highest BCUT2D eigenvalue weighted by molar-refractivity contribution is 5.82. The number of hydrogen-bond donors (Lipinski definition) is 2. The van der Waals surface area contributed by atoms with E-state index in [-0.39, 0.29) is 24.3 Å². The average Bonchev–Trinajstić information content (AvgIpc) is 2.52. The van der Waals surface area contributed by atoms with Crippen LogP contribution in [0, 0.1) is 5.41 Å². The number of carboxylic acid groups (broad SMARTS) is 1. The van der Waals surface area contributed by atoms with Crippen LogP contribution in [-0.4, -0.2) is 23.5 Å². The zero-order valence-corrected chi connectivity index (χ0v) is 8.51. The van der Waals surface area contributed by atoms with Crippen molar-refractivity contribution in [3.8, 4) is 0 Å². The van der Waals surface area contributed by atoms with Gasteiger partial charge in [-0.3, -0.25) is 9.59 Å². The quantitative estimate of drug-likeness (QED) is 0.714. The van der Waals surface area contributed by atoms with Gasteiger partial charge in [0, 0.05) is 12.0 Å². The standard InChI is InChI=1S/C10H17NO3/c1-10(5-2-3-6-10)9(14)11-7-4-8(12)13/h2-7H2,1H3,(H,11,14)(H,12,13). The first-order valence-electron chi connectivity index (χ1n) is 5.05. The van der Waals surface area contributed by atoms with Crippen LogP contribution in [0.4, 0.5) is 0 Å². The van der Waals surface area contributed by atoms with Gasteiger partial charge in [-0.15, -0.1) is 0 Å². The van der Waals surface area contributed by atoms with E-state index in [0.29, 0.717) is 0 Å². The zero-order valence-electron chi connectivity index (χ0n) is 8.51. The van der Waals surface area contributed by atoms with Gasteiger partial charge in [-0.25, -0.2) is 0 Å². The molecule has 0 unspecified atom stereocenters. The summed E-state index contributed by atoms with van der Waals surface area (Å²) in [5.41, 5.74) is -0.251. The topological polar surface area (TPSA) is 66.4 Å². The summed E-state index contributed by atoms with van der Waals surface area (Å²) in [6.45, 7) is 2.19. The van der Waals surface area contributed by atoms with Crippen molar-refractivity contribution in [3.05, 3.63) is 0 Å². The Hall–Kier alpha value is -1.06. The Morgan fingerprint density at radius 3 is 2.43 bits per heavy atom. The molecule has 0 aromatic carbocycles. The highest BCUT2D eigenvalue weighted by Crippen LogP contribution is 2.37. The molecule has 0 spiro atoms. The lowest BCUT2D eigenvalue weighted by Crippen LogP contribution is -2.38. The van der Waals surface area contributed by atoms with Gasteiger partial charge < -0.3 is 10.4 Å². The van der Waals surface area contributed by atoms with Crippen molar-refractivity contribution in [1.29, 1.82) is 0 Å². The van der Waals surface area contributed by atoms with Gasteiger partial charge in [-0.1, -0.05) is 19.8 Å². The van der Waals surface area contributed by atoms with Crippen LogP contribution in [0.3, 0.4) is 0 Å². The van der Waals surface area contributed by atoms with E-state index in [1.165, 1.54) is 0 Å². The summed E-state index contributed by atoms with van der Waals surface area (Å²) in [7, 11) is 0. The summed E-state index contributed by atoms with van der Waals surface area (Å²) >= 11 is 0. The van der Waals surface area contributed by atoms with Crippen LogP contribution >= 0.6 is 0 Å². The molecule has 1 fully saturated rings. The molecule has 0 aromatic rings. The minimum Gasteiger partial charge on any atom is -0.481 e. The van der Waals surface area contributed by atoms with Crippen molar-refractivity contribution in [2.75, 3.05) is 6.54 Å². The summed E-state index contributed by atoms with van der Waals surface area (Å²) in [4.78, 5) is 21.9. The van der Waals surface area contributed by atoms with Crippen LogP contribution < -0.4 is 5.32 Å². The summed E-state index contributed by atoms with van der Waals surface area (Å²) < 4.78 is 0. The number of rotatable bonds is 4. The molecular formula is C10H17NO3. The number of carbonyl (C=O) groups excluding carboxylic acids is 1. The average molecular weight is 199 g/mol. The third kappa shape index (κ3) is 2.72. The van der Waals surface area contributed by atoms with Gasteiger partial charge in [0.25, 0.3) is 0 Å². The summed E-state index contributed by atoms with van der Waals surface area (Å²) in [5, 5.41) is 11.1. The highest BCUT2D eigenvalue weighted by Gasteiger charge is 2.35. The van der Waals surface area contributed by atoms with E-state index in [1.54, 1.807) is 0 Å². The van der Waals surface area contributed by atoms with Crippen LogP contribution in [-0.2, 0) is 9.59 Å². The minimum atomic E-state index is -0.873. The van der Waals surface area contributed by atoms with Crippen LogP contribution in [0.5, 0.6) is 0 Å². The lowest BCUT2D eigenvalue weighted by atomic mass is 9.88. The first kappa shape index (κ1) is 11.0. The predicted octanol–water partition coefficient (Wildman–Crippen LogP) is 1.16. The number of aliphatic carboxylic acids is 1. The molecule has 1 amide bonds. The zero-order chi connectivity index (χ0) is 10.6. The first-order chi connectivity index (χ1) is 6.54. The Labute approximate surface area is 83.7 Å². The van der Waals surface area contributed by atoms with Gasteiger partial charge in [0.1, 0.15) is 0 Å². The molecule has 0 aliphatic heterocycles. The van der Waals surface area contributed by atoms with Gasteiger partial charge in [0.05, 0.1) is 6.42 Å². The van der Waals surface area contributed by atoms with Gasteiger partial charge in [0.15, 0.2) is 0 Å². The molecule has 4 heteroatoms. The molecule has 1 saturated carbocycles. The van der Waals surface area contributed by atoms with E-state index in [4.69, 9.17) is 5.11 Å². The van der Waals surface area contributed by atoms with Crippen molar-refractivity contribution >= 4 is 11.9 Å². The normalized spacial score (nSPS) is 19.2. The van der Waals surface area contributed by atoms with E-state index in [9.17, 15) is 9.59 Å². The van der Waals surface area contributed by atoms with Crippen LogP contribution in [0.25, 0.3) is 0 Å². The van der Waals surface area contributed by atoms with E-state index in [2.05, 4.69) is 5.32 Å². The van der Waals surface area contributed by atoms with Crippen LogP contribution in [0.1, 0.15) is 39.0 Å². The van der Waals surface area contributed by atoms with Crippen molar-refractivity contribution < 1.29 is 14.7 Å².